The molecule has 0 aliphatic heterocycles. The number of ether oxygens (including phenoxy) is 2. The molecule has 0 unspecified atom stereocenters. The van der Waals surface area contributed by atoms with Crippen LogP contribution in [0.4, 0.5) is 14.8 Å². The second-order valence-electron chi connectivity index (χ2n) is 6.95. The SMILES string of the molecule is C[C@@H](Oc1ccc(OC(F)=Cc2ccc(F)cc2)cc1)C(=O)Nc1nc2cc(Cl)ccc2o1. The molecule has 4 rings (SSSR count). The van der Waals surface area contributed by atoms with E-state index in [1.807, 2.05) is 0 Å². The van der Waals surface area contributed by atoms with Gasteiger partial charge in [-0.1, -0.05) is 23.7 Å². The summed E-state index contributed by atoms with van der Waals surface area (Å²) in [6, 6.07) is 15.5. The first kappa shape index (κ1) is 22.3. The number of hydrogen-bond donors (Lipinski definition) is 1. The van der Waals surface area contributed by atoms with Crippen molar-refractivity contribution in [1.29, 1.82) is 0 Å². The second kappa shape index (κ2) is 9.70. The predicted octanol–water partition coefficient (Wildman–Crippen LogP) is 6.37. The number of carbonyl (C=O) groups is 1. The fraction of sp³-hybridized carbons (Fsp3) is 0.0833. The van der Waals surface area contributed by atoms with Crippen LogP contribution in [-0.4, -0.2) is 17.0 Å². The molecule has 0 fully saturated rings. The second-order valence-corrected chi connectivity index (χ2v) is 7.39. The first-order valence-corrected chi connectivity index (χ1v) is 10.2. The van der Waals surface area contributed by atoms with Crippen molar-refractivity contribution in [2.45, 2.75) is 13.0 Å². The van der Waals surface area contributed by atoms with Gasteiger partial charge in [-0.15, -0.1) is 0 Å². The summed E-state index contributed by atoms with van der Waals surface area (Å²) in [7, 11) is 0. The number of aromatic nitrogens is 1. The minimum absolute atomic E-state index is 0.0277. The highest BCUT2D eigenvalue weighted by Gasteiger charge is 2.18. The highest BCUT2D eigenvalue weighted by molar-refractivity contribution is 6.31. The molecule has 9 heteroatoms. The van der Waals surface area contributed by atoms with Crippen molar-refractivity contribution >= 4 is 40.7 Å². The highest BCUT2D eigenvalue weighted by Crippen LogP contribution is 2.24. The average molecular weight is 471 g/mol. The molecule has 0 radical (unpaired) electrons. The maximum atomic E-state index is 14.0. The minimum atomic E-state index is -0.870. The van der Waals surface area contributed by atoms with E-state index in [0.29, 0.717) is 27.4 Å². The van der Waals surface area contributed by atoms with Gasteiger partial charge >= 0.3 is 6.01 Å². The third-order valence-corrected chi connectivity index (χ3v) is 4.69. The number of oxazole rings is 1. The van der Waals surface area contributed by atoms with E-state index in [1.54, 1.807) is 25.1 Å². The Morgan fingerprint density at radius 1 is 1.09 bits per heavy atom. The molecular formula is C24H17ClF2N2O4. The van der Waals surface area contributed by atoms with E-state index >= 15 is 0 Å². The zero-order chi connectivity index (χ0) is 23.4. The zero-order valence-electron chi connectivity index (χ0n) is 17.2. The summed E-state index contributed by atoms with van der Waals surface area (Å²) in [6.45, 7) is 1.56. The predicted molar refractivity (Wildman–Crippen MR) is 120 cm³/mol. The first-order valence-electron chi connectivity index (χ1n) is 9.80. The molecule has 1 amide bonds. The van der Waals surface area contributed by atoms with Gasteiger partial charge in [-0.25, -0.2) is 4.39 Å². The fourth-order valence-corrected chi connectivity index (χ4v) is 3.00. The van der Waals surface area contributed by atoms with Gasteiger partial charge in [0.2, 0.25) is 0 Å². The molecule has 3 aromatic carbocycles. The Morgan fingerprint density at radius 3 is 2.52 bits per heavy atom. The van der Waals surface area contributed by atoms with E-state index in [4.69, 9.17) is 25.5 Å². The third-order valence-electron chi connectivity index (χ3n) is 4.45. The van der Waals surface area contributed by atoms with E-state index < -0.39 is 23.8 Å². The smallest absolute Gasteiger partial charge is 0.302 e. The standard InChI is InChI=1S/C24H17ClF2N2O4/c1-14(23(30)29-24-28-20-13-16(25)4-11-21(20)33-24)31-18-7-9-19(10-8-18)32-22(27)12-15-2-5-17(26)6-3-15/h2-14H,1H3,(H,28,29,30)/t14-/m1/s1. The quantitative estimate of drug-likeness (QED) is 0.317. The number of nitrogens with one attached hydrogen (secondary N) is 1. The van der Waals surface area contributed by atoms with Crippen LogP contribution in [-0.2, 0) is 4.79 Å². The van der Waals surface area contributed by atoms with Crippen molar-refractivity contribution in [2.24, 2.45) is 0 Å². The molecule has 0 saturated carbocycles. The van der Waals surface area contributed by atoms with E-state index in [2.05, 4.69) is 10.3 Å². The highest BCUT2D eigenvalue weighted by atomic mass is 35.5. The number of benzene rings is 3. The van der Waals surface area contributed by atoms with Crippen LogP contribution >= 0.6 is 11.6 Å². The maximum Gasteiger partial charge on any atom is 0.302 e. The molecule has 1 aromatic heterocycles. The van der Waals surface area contributed by atoms with Crippen LogP contribution in [0.2, 0.25) is 5.02 Å². The van der Waals surface area contributed by atoms with Crippen LogP contribution in [0.15, 0.2) is 77.2 Å². The normalized spacial score (nSPS) is 12.4. The topological polar surface area (TPSA) is 73.6 Å². The number of halogens is 3. The van der Waals surface area contributed by atoms with Gasteiger partial charge < -0.3 is 13.9 Å². The number of carbonyl (C=O) groups excluding carboxylic acids is 1. The third kappa shape index (κ3) is 5.87. The lowest BCUT2D eigenvalue weighted by Gasteiger charge is -2.13. The van der Waals surface area contributed by atoms with Gasteiger partial charge in [0.25, 0.3) is 11.9 Å². The van der Waals surface area contributed by atoms with Gasteiger partial charge in [0.15, 0.2) is 11.7 Å². The molecule has 0 bridgehead atoms. The molecule has 1 heterocycles. The molecule has 6 nitrogen and oxygen atoms in total. The molecule has 33 heavy (non-hydrogen) atoms. The van der Waals surface area contributed by atoms with Crippen LogP contribution in [0, 0.1) is 5.82 Å². The Labute approximate surface area is 192 Å². The van der Waals surface area contributed by atoms with Crippen molar-refractivity contribution in [3.8, 4) is 11.5 Å². The van der Waals surface area contributed by atoms with Crippen LogP contribution in [0.3, 0.4) is 0 Å². The number of nitrogens with zero attached hydrogens (tertiary/aromatic N) is 1. The first-order chi connectivity index (χ1) is 15.9. The summed E-state index contributed by atoms with van der Waals surface area (Å²) in [5.41, 5.74) is 1.46. The lowest BCUT2D eigenvalue weighted by molar-refractivity contribution is -0.122. The van der Waals surface area contributed by atoms with E-state index in [1.165, 1.54) is 48.5 Å². The van der Waals surface area contributed by atoms with E-state index in [-0.39, 0.29) is 11.8 Å². The number of anilines is 1. The largest absolute Gasteiger partial charge is 0.481 e. The summed E-state index contributed by atoms with van der Waals surface area (Å²) < 4.78 is 43.1. The van der Waals surface area contributed by atoms with Gasteiger partial charge in [-0.05, 0) is 67.1 Å². The zero-order valence-corrected chi connectivity index (χ0v) is 18.0. The molecule has 0 spiro atoms. The Balaban J connectivity index is 1.33. The Hall–Kier alpha value is -3.91. The van der Waals surface area contributed by atoms with E-state index in [0.717, 1.165) is 6.08 Å². The number of amides is 1. The maximum absolute atomic E-state index is 14.0. The summed E-state index contributed by atoms with van der Waals surface area (Å²) >= 11 is 5.92. The monoisotopic (exact) mass is 470 g/mol. The van der Waals surface area contributed by atoms with Gasteiger partial charge in [-0.2, -0.15) is 9.37 Å². The number of hydrogen-bond acceptors (Lipinski definition) is 5. The molecular weight excluding hydrogens is 454 g/mol. The summed E-state index contributed by atoms with van der Waals surface area (Å²) in [6.07, 6.45) is 0.265. The molecule has 0 aliphatic rings. The van der Waals surface area contributed by atoms with Crippen molar-refractivity contribution < 1.29 is 27.5 Å². The van der Waals surface area contributed by atoms with Crippen LogP contribution in [0.5, 0.6) is 11.5 Å². The Kier molecular flexibility index (Phi) is 6.55. The summed E-state index contributed by atoms with van der Waals surface area (Å²) in [4.78, 5) is 16.6. The van der Waals surface area contributed by atoms with Crippen molar-refractivity contribution in [3.63, 3.8) is 0 Å². The minimum Gasteiger partial charge on any atom is -0.481 e. The average Bonchev–Trinajstić information content (AvgIpc) is 3.18. The van der Waals surface area contributed by atoms with Gasteiger partial charge in [-0.3, -0.25) is 10.1 Å². The van der Waals surface area contributed by atoms with E-state index in [9.17, 15) is 13.6 Å². The summed E-state index contributed by atoms with van der Waals surface area (Å²) in [5.74, 6) is -0.287. The van der Waals surface area contributed by atoms with Gasteiger partial charge in [0.1, 0.15) is 22.8 Å². The molecule has 0 saturated heterocycles. The number of fused-ring (bicyclic) bond motifs is 1. The lowest BCUT2D eigenvalue weighted by atomic mass is 10.2. The molecule has 168 valence electrons. The molecule has 1 N–H and O–H groups in total. The lowest BCUT2D eigenvalue weighted by Crippen LogP contribution is -2.30. The van der Waals surface area contributed by atoms with Crippen LogP contribution in [0.1, 0.15) is 12.5 Å². The fourth-order valence-electron chi connectivity index (χ4n) is 2.84. The van der Waals surface area contributed by atoms with Crippen LogP contribution in [0.25, 0.3) is 17.2 Å². The summed E-state index contributed by atoms with van der Waals surface area (Å²) in [5, 5.41) is 3.05. The Bertz CT molecular complexity index is 1300. The number of rotatable bonds is 7. The molecule has 0 aliphatic carbocycles. The van der Waals surface area contributed by atoms with Gasteiger partial charge in [0, 0.05) is 11.1 Å². The van der Waals surface area contributed by atoms with Crippen molar-refractivity contribution in [3.05, 3.63) is 89.1 Å². The van der Waals surface area contributed by atoms with Gasteiger partial charge in [0.05, 0.1) is 0 Å². The van der Waals surface area contributed by atoms with Crippen molar-refractivity contribution in [1.82, 2.24) is 4.98 Å². The Morgan fingerprint density at radius 2 is 1.79 bits per heavy atom. The molecule has 4 aromatic rings. The van der Waals surface area contributed by atoms with Crippen LogP contribution < -0.4 is 14.8 Å². The molecule has 1 atom stereocenters. The van der Waals surface area contributed by atoms with Crippen molar-refractivity contribution in [2.75, 3.05) is 5.32 Å².